The summed E-state index contributed by atoms with van der Waals surface area (Å²) < 4.78 is 0. The molecule has 0 amide bonds. The average molecular weight is 280 g/mol. The molecular formula is C17H16N2O2. The van der Waals surface area contributed by atoms with Crippen molar-refractivity contribution in [3.8, 4) is 0 Å². The van der Waals surface area contributed by atoms with Crippen molar-refractivity contribution in [2.24, 2.45) is 0 Å². The monoisotopic (exact) mass is 280 g/mol. The van der Waals surface area contributed by atoms with Crippen LogP contribution in [0.3, 0.4) is 0 Å². The van der Waals surface area contributed by atoms with E-state index < -0.39 is 0 Å². The zero-order valence-corrected chi connectivity index (χ0v) is 11.6. The number of nitrogens with zero attached hydrogens (tertiary/aromatic N) is 1. The van der Waals surface area contributed by atoms with E-state index in [1.54, 1.807) is 12.1 Å². The molecular weight excluding hydrogens is 264 g/mol. The van der Waals surface area contributed by atoms with Crippen molar-refractivity contribution < 1.29 is 4.92 Å². The van der Waals surface area contributed by atoms with Gasteiger partial charge in [0.05, 0.1) is 4.92 Å². The minimum absolute atomic E-state index is 0.148. The first-order chi connectivity index (χ1) is 10.2. The number of aryl methyl sites for hydroxylation is 2. The minimum Gasteiger partial charge on any atom is -0.361 e. The third-order valence-electron chi connectivity index (χ3n) is 3.73. The van der Waals surface area contributed by atoms with Crippen LogP contribution in [0.25, 0.3) is 10.9 Å². The number of hydrogen-bond donors (Lipinski definition) is 1. The highest BCUT2D eigenvalue weighted by Gasteiger charge is 2.05. The maximum absolute atomic E-state index is 10.6. The number of aromatic nitrogens is 1. The van der Waals surface area contributed by atoms with Crippen molar-refractivity contribution in [3.63, 3.8) is 0 Å². The average Bonchev–Trinajstić information content (AvgIpc) is 2.91. The zero-order chi connectivity index (χ0) is 14.7. The molecule has 0 saturated carbocycles. The second kappa shape index (κ2) is 5.79. The summed E-state index contributed by atoms with van der Waals surface area (Å²) in [5.41, 5.74) is 3.78. The topological polar surface area (TPSA) is 58.9 Å². The molecule has 0 saturated heterocycles. The fourth-order valence-electron chi connectivity index (χ4n) is 2.61. The van der Waals surface area contributed by atoms with Crippen molar-refractivity contribution in [1.82, 2.24) is 4.98 Å². The Kier molecular flexibility index (Phi) is 3.69. The number of hydrogen-bond acceptors (Lipinski definition) is 2. The molecule has 106 valence electrons. The Morgan fingerprint density at radius 1 is 1.00 bits per heavy atom. The SMILES string of the molecule is O=[N+]([O-])c1ccc(CCCc2c[nH]c3ccccc23)cc1. The summed E-state index contributed by atoms with van der Waals surface area (Å²) in [6.45, 7) is 0. The molecule has 0 aliphatic carbocycles. The second-order valence-corrected chi connectivity index (χ2v) is 5.14. The summed E-state index contributed by atoms with van der Waals surface area (Å²) in [7, 11) is 0. The number of para-hydroxylation sites is 1. The molecule has 0 radical (unpaired) electrons. The van der Waals surface area contributed by atoms with Crippen molar-refractivity contribution >= 4 is 16.6 Å². The van der Waals surface area contributed by atoms with Crippen LogP contribution >= 0.6 is 0 Å². The highest BCUT2D eigenvalue weighted by atomic mass is 16.6. The number of benzene rings is 2. The van der Waals surface area contributed by atoms with Crippen molar-refractivity contribution in [2.75, 3.05) is 0 Å². The van der Waals surface area contributed by atoms with Gasteiger partial charge in [0.25, 0.3) is 5.69 Å². The largest absolute Gasteiger partial charge is 0.361 e. The van der Waals surface area contributed by atoms with Crippen molar-refractivity contribution in [1.29, 1.82) is 0 Å². The van der Waals surface area contributed by atoms with Crippen LogP contribution in [-0.2, 0) is 12.8 Å². The molecule has 0 spiro atoms. The van der Waals surface area contributed by atoms with Gasteiger partial charge in [-0.05, 0) is 36.5 Å². The third-order valence-corrected chi connectivity index (χ3v) is 3.73. The fourth-order valence-corrected chi connectivity index (χ4v) is 2.61. The van der Waals surface area contributed by atoms with Crippen LogP contribution in [0.1, 0.15) is 17.5 Å². The van der Waals surface area contributed by atoms with Gasteiger partial charge in [-0.3, -0.25) is 10.1 Å². The van der Waals surface area contributed by atoms with Gasteiger partial charge >= 0.3 is 0 Å². The number of nitrogens with one attached hydrogen (secondary N) is 1. The van der Waals surface area contributed by atoms with Crippen LogP contribution in [0.2, 0.25) is 0 Å². The van der Waals surface area contributed by atoms with Gasteiger partial charge in [0.1, 0.15) is 0 Å². The van der Waals surface area contributed by atoms with Crippen molar-refractivity contribution in [2.45, 2.75) is 19.3 Å². The van der Waals surface area contributed by atoms with Gasteiger partial charge in [-0.1, -0.05) is 30.3 Å². The van der Waals surface area contributed by atoms with E-state index in [2.05, 4.69) is 29.4 Å². The molecule has 0 aliphatic heterocycles. The van der Waals surface area contributed by atoms with E-state index in [-0.39, 0.29) is 10.6 Å². The highest BCUT2D eigenvalue weighted by molar-refractivity contribution is 5.82. The lowest BCUT2D eigenvalue weighted by Crippen LogP contribution is -1.91. The van der Waals surface area contributed by atoms with E-state index in [4.69, 9.17) is 0 Å². The number of non-ortho nitro benzene ring substituents is 1. The van der Waals surface area contributed by atoms with E-state index in [1.807, 2.05) is 18.2 Å². The quantitative estimate of drug-likeness (QED) is 0.561. The van der Waals surface area contributed by atoms with Gasteiger partial charge in [-0.2, -0.15) is 0 Å². The Bertz CT molecular complexity index is 760. The number of fused-ring (bicyclic) bond motifs is 1. The summed E-state index contributed by atoms with van der Waals surface area (Å²) in [5, 5.41) is 11.9. The Hall–Kier alpha value is -2.62. The molecule has 4 nitrogen and oxygen atoms in total. The van der Waals surface area contributed by atoms with E-state index in [0.29, 0.717) is 0 Å². The van der Waals surface area contributed by atoms with Crippen LogP contribution < -0.4 is 0 Å². The van der Waals surface area contributed by atoms with Gasteiger partial charge in [0, 0.05) is 29.2 Å². The van der Waals surface area contributed by atoms with Crippen LogP contribution in [0.5, 0.6) is 0 Å². The number of H-pyrrole nitrogens is 1. The highest BCUT2D eigenvalue weighted by Crippen LogP contribution is 2.20. The van der Waals surface area contributed by atoms with Crippen LogP contribution in [-0.4, -0.2) is 9.91 Å². The Morgan fingerprint density at radius 2 is 1.76 bits per heavy atom. The van der Waals surface area contributed by atoms with Crippen LogP contribution in [0.4, 0.5) is 5.69 Å². The summed E-state index contributed by atoms with van der Waals surface area (Å²) in [5.74, 6) is 0. The first-order valence-corrected chi connectivity index (χ1v) is 7.02. The van der Waals surface area contributed by atoms with Gasteiger partial charge in [0.2, 0.25) is 0 Å². The molecule has 0 aliphatic rings. The van der Waals surface area contributed by atoms with Gasteiger partial charge in [-0.15, -0.1) is 0 Å². The molecule has 3 aromatic rings. The van der Waals surface area contributed by atoms with E-state index in [0.717, 1.165) is 24.8 Å². The Labute approximate surface area is 122 Å². The molecule has 21 heavy (non-hydrogen) atoms. The maximum atomic E-state index is 10.6. The summed E-state index contributed by atoms with van der Waals surface area (Å²) in [6.07, 6.45) is 5.03. The van der Waals surface area contributed by atoms with Gasteiger partial charge in [-0.25, -0.2) is 0 Å². The number of nitro benzene ring substituents is 1. The molecule has 0 fully saturated rings. The first kappa shape index (κ1) is 13.4. The first-order valence-electron chi connectivity index (χ1n) is 7.02. The van der Waals surface area contributed by atoms with Crippen molar-refractivity contribution in [3.05, 3.63) is 76.0 Å². The molecule has 3 rings (SSSR count). The predicted octanol–water partition coefficient (Wildman–Crippen LogP) is 4.25. The normalized spacial score (nSPS) is 10.9. The molecule has 0 bridgehead atoms. The summed E-state index contributed by atoms with van der Waals surface area (Å²) in [6, 6.07) is 15.1. The Balaban J connectivity index is 1.62. The van der Waals surface area contributed by atoms with Crippen LogP contribution in [0, 0.1) is 10.1 Å². The summed E-state index contributed by atoms with van der Waals surface area (Å²) >= 11 is 0. The predicted molar refractivity (Wildman–Crippen MR) is 83.4 cm³/mol. The second-order valence-electron chi connectivity index (χ2n) is 5.14. The molecule has 0 atom stereocenters. The fraction of sp³-hybridized carbons (Fsp3) is 0.176. The molecule has 1 N–H and O–H groups in total. The Morgan fingerprint density at radius 3 is 2.52 bits per heavy atom. The molecule has 4 heteroatoms. The lowest BCUT2D eigenvalue weighted by molar-refractivity contribution is -0.384. The molecule has 1 aromatic heterocycles. The molecule has 2 aromatic carbocycles. The third kappa shape index (κ3) is 2.94. The van der Waals surface area contributed by atoms with Gasteiger partial charge < -0.3 is 4.98 Å². The number of nitro groups is 1. The van der Waals surface area contributed by atoms with E-state index in [1.165, 1.54) is 16.5 Å². The summed E-state index contributed by atoms with van der Waals surface area (Å²) in [4.78, 5) is 13.5. The maximum Gasteiger partial charge on any atom is 0.269 e. The minimum atomic E-state index is -0.365. The number of rotatable bonds is 5. The van der Waals surface area contributed by atoms with Crippen LogP contribution in [0.15, 0.2) is 54.7 Å². The van der Waals surface area contributed by atoms with Gasteiger partial charge in [0.15, 0.2) is 0 Å². The smallest absolute Gasteiger partial charge is 0.269 e. The standard InChI is InChI=1S/C17H16N2O2/c20-19(21)15-10-8-13(9-11-15)4-3-5-14-12-18-17-7-2-1-6-16(14)17/h1-2,6-12,18H,3-5H2. The zero-order valence-electron chi connectivity index (χ0n) is 11.6. The lowest BCUT2D eigenvalue weighted by Gasteiger charge is -2.01. The molecule has 0 unspecified atom stereocenters. The lowest BCUT2D eigenvalue weighted by atomic mass is 10.0. The number of aromatic amines is 1. The van der Waals surface area contributed by atoms with E-state index in [9.17, 15) is 10.1 Å². The van der Waals surface area contributed by atoms with E-state index >= 15 is 0 Å². The molecule has 1 heterocycles.